The fraction of sp³-hybridized carbons (Fsp3) is 0.529. The van der Waals surface area contributed by atoms with E-state index in [1.54, 1.807) is 0 Å². The SMILES string of the molecule is OC(C#CCN1CCOCC1)(c1ccccc1)C1CC1.[Cl-]. The number of hydrogen-bond acceptors (Lipinski definition) is 3. The lowest BCUT2D eigenvalue weighted by atomic mass is 9.89. The van der Waals surface area contributed by atoms with E-state index in [0.717, 1.165) is 44.7 Å². The third kappa shape index (κ3) is 3.99. The summed E-state index contributed by atoms with van der Waals surface area (Å²) in [5.41, 5.74) is -0.0370. The number of halogens is 1. The van der Waals surface area contributed by atoms with Gasteiger partial charge in [-0.3, -0.25) is 4.90 Å². The zero-order valence-electron chi connectivity index (χ0n) is 12.1. The minimum atomic E-state index is -0.965. The molecule has 2 aliphatic rings. The summed E-state index contributed by atoms with van der Waals surface area (Å²) in [6, 6.07) is 9.85. The molecule has 21 heavy (non-hydrogen) atoms. The van der Waals surface area contributed by atoms with Gasteiger partial charge in [0.25, 0.3) is 0 Å². The zero-order chi connectivity index (χ0) is 13.8. The summed E-state index contributed by atoms with van der Waals surface area (Å²) in [6.07, 6.45) is 2.13. The summed E-state index contributed by atoms with van der Waals surface area (Å²) in [5, 5.41) is 10.9. The molecule has 3 nitrogen and oxygen atoms in total. The largest absolute Gasteiger partial charge is 1.00 e. The van der Waals surface area contributed by atoms with Gasteiger partial charge in [0.05, 0.1) is 19.8 Å². The monoisotopic (exact) mass is 306 g/mol. The summed E-state index contributed by atoms with van der Waals surface area (Å²) < 4.78 is 5.33. The Bertz CT molecular complexity index is 501. The van der Waals surface area contributed by atoms with Gasteiger partial charge in [0, 0.05) is 19.0 Å². The predicted octanol–water partition coefficient (Wildman–Crippen LogP) is -1.38. The summed E-state index contributed by atoms with van der Waals surface area (Å²) in [7, 11) is 0. The van der Waals surface area contributed by atoms with Gasteiger partial charge >= 0.3 is 0 Å². The fourth-order valence-electron chi connectivity index (χ4n) is 2.65. The predicted molar refractivity (Wildman–Crippen MR) is 78.1 cm³/mol. The second-order valence-corrected chi connectivity index (χ2v) is 5.60. The summed E-state index contributed by atoms with van der Waals surface area (Å²) in [5.74, 6) is 6.62. The average molecular weight is 307 g/mol. The molecule has 3 rings (SSSR count). The van der Waals surface area contributed by atoms with Gasteiger partial charge in [-0.15, -0.1) is 0 Å². The van der Waals surface area contributed by atoms with Crippen molar-refractivity contribution in [1.82, 2.24) is 4.90 Å². The van der Waals surface area contributed by atoms with Gasteiger partial charge in [-0.1, -0.05) is 42.2 Å². The van der Waals surface area contributed by atoms with Gasteiger partial charge < -0.3 is 22.3 Å². The van der Waals surface area contributed by atoms with E-state index in [4.69, 9.17) is 4.74 Å². The number of morpholine rings is 1. The van der Waals surface area contributed by atoms with Crippen molar-refractivity contribution >= 4 is 0 Å². The second-order valence-electron chi connectivity index (χ2n) is 5.60. The number of rotatable bonds is 3. The molecule has 1 saturated heterocycles. The van der Waals surface area contributed by atoms with Gasteiger partial charge in [0.1, 0.15) is 0 Å². The number of hydrogen-bond donors (Lipinski definition) is 1. The molecule has 0 amide bonds. The molecule has 1 aromatic rings. The normalized spacial score (nSPS) is 21.6. The number of benzene rings is 1. The Labute approximate surface area is 132 Å². The number of aliphatic hydroxyl groups is 1. The van der Waals surface area contributed by atoms with E-state index in [1.165, 1.54) is 0 Å². The molecule has 0 radical (unpaired) electrons. The molecule has 1 N–H and O–H groups in total. The average Bonchev–Trinajstić information content (AvgIpc) is 3.34. The standard InChI is InChI=1S/C17H21NO2.ClH/c19-17(16-7-8-16,15-5-2-1-3-6-15)9-4-10-18-11-13-20-14-12-18;/h1-3,5-6,16,19H,7-8,10-14H2;1H/p-1. The molecule has 1 atom stereocenters. The molecule has 1 aliphatic carbocycles. The second kappa shape index (κ2) is 7.29. The third-order valence-corrected chi connectivity index (χ3v) is 4.07. The van der Waals surface area contributed by atoms with Crippen LogP contribution in [0.1, 0.15) is 18.4 Å². The molecule has 114 valence electrons. The fourth-order valence-corrected chi connectivity index (χ4v) is 2.65. The maximum Gasteiger partial charge on any atom is 0.153 e. The van der Waals surface area contributed by atoms with Crippen LogP contribution in [0.15, 0.2) is 30.3 Å². The molecule has 1 unspecified atom stereocenters. The Morgan fingerprint density at radius 1 is 1.19 bits per heavy atom. The van der Waals surface area contributed by atoms with Crippen molar-refractivity contribution in [2.75, 3.05) is 32.8 Å². The molecular formula is C17H21ClNO2-. The lowest BCUT2D eigenvalue weighted by Crippen LogP contribution is -3.00. The van der Waals surface area contributed by atoms with Crippen molar-refractivity contribution in [3.05, 3.63) is 35.9 Å². The van der Waals surface area contributed by atoms with Crippen LogP contribution in [0.25, 0.3) is 0 Å². The van der Waals surface area contributed by atoms with E-state index in [9.17, 15) is 5.11 Å². The van der Waals surface area contributed by atoms with Gasteiger partial charge in [0.15, 0.2) is 5.60 Å². The molecular weight excluding hydrogens is 286 g/mol. The van der Waals surface area contributed by atoms with E-state index < -0.39 is 5.60 Å². The smallest absolute Gasteiger partial charge is 0.153 e. The van der Waals surface area contributed by atoms with Crippen molar-refractivity contribution in [3.63, 3.8) is 0 Å². The molecule has 0 bridgehead atoms. The van der Waals surface area contributed by atoms with Crippen LogP contribution in [0.2, 0.25) is 0 Å². The molecule has 1 aromatic carbocycles. The van der Waals surface area contributed by atoms with Crippen LogP contribution in [0.4, 0.5) is 0 Å². The molecule has 0 aromatic heterocycles. The summed E-state index contributed by atoms with van der Waals surface area (Å²) in [4.78, 5) is 2.27. The molecule has 1 saturated carbocycles. The van der Waals surface area contributed by atoms with Crippen LogP contribution in [0.3, 0.4) is 0 Å². The van der Waals surface area contributed by atoms with Gasteiger partial charge in [-0.05, 0) is 18.4 Å². The lowest BCUT2D eigenvalue weighted by molar-refractivity contribution is -0.00000975. The van der Waals surface area contributed by atoms with Crippen molar-refractivity contribution in [2.45, 2.75) is 18.4 Å². The topological polar surface area (TPSA) is 32.7 Å². The first-order valence-corrected chi connectivity index (χ1v) is 7.37. The van der Waals surface area contributed by atoms with Gasteiger partial charge in [-0.2, -0.15) is 0 Å². The highest BCUT2D eigenvalue weighted by molar-refractivity contribution is 5.34. The summed E-state index contributed by atoms with van der Waals surface area (Å²) >= 11 is 0. The lowest BCUT2D eigenvalue weighted by Gasteiger charge is -2.25. The highest BCUT2D eigenvalue weighted by Crippen LogP contribution is 2.45. The first-order valence-electron chi connectivity index (χ1n) is 7.37. The zero-order valence-corrected chi connectivity index (χ0v) is 12.9. The highest BCUT2D eigenvalue weighted by Gasteiger charge is 2.43. The highest BCUT2D eigenvalue weighted by atomic mass is 35.5. The van der Waals surface area contributed by atoms with E-state index in [2.05, 4.69) is 16.7 Å². The van der Waals surface area contributed by atoms with E-state index in [0.29, 0.717) is 12.5 Å². The van der Waals surface area contributed by atoms with Crippen LogP contribution in [-0.4, -0.2) is 42.9 Å². The molecule has 1 heterocycles. The first-order chi connectivity index (χ1) is 9.79. The Kier molecular flexibility index (Phi) is 5.66. The Hall–Kier alpha value is -1.05. The van der Waals surface area contributed by atoms with Crippen molar-refractivity contribution < 1.29 is 22.3 Å². The maximum absolute atomic E-state index is 10.9. The van der Waals surface area contributed by atoms with E-state index in [-0.39, 0.29) is 12.4 Å². The number of ether oxygens (including phenoxy) is 1. The minimum absolute atomic E-state index is 0. The van der Waals surface area contributed by atoms with Crippen molar-refractivity contribution in [3.8, 4) is 11.8 Å². The van der Waals surface area contributed by atoms with Crippen molar-refractivity contribution in [1.29, 1.82) is 0 Å². The Balaban J connectivity index is 0.00000161. The van der Waals surface area contributed by atoms with E-state index >= 15 is 0 Å². The van der Waals surface area contributed by atoms with Crippen molar-refractivity contribution in [2.24, 2.45) is 5.92 Å². The molecule has 0 spiro atoms. The van der Waals surface area contributed by atoms with Gasteiger partial charge in [-0.25, -0.2) is 0 Å². The molecule has 1 aliphatic heterocycles. The molecule has 2 fully saturated rings. The Morgan fingerprint density at radius 3 is 2.48 bits per heavy atom. The van der Waals surface area contributed by atoms with Crippen LogP contribution >= 0.6 is 0 Å². The van der Waals surface area contributed by atoms with Crippen LogP contribution in [0.5, 0.6) is 0 Å². The minimum Gasteiger partial charge on any atom is -1.00 e. The maximum atomic E-state index is 10.9. The van der Waals surface area contributed by atoms with Crippen LogP contribution in [0, 0.1) is 17.8 Å². The van der Waals surface area contributed by atoms with Crippen LogP contribution in [-0.2, 0) is 10.3 Å². The van der Waals surface area contributed by atoms with Gasteiger partial charge in [0.2, 0.25) is 0 Å². The van der Waals surface area contributed by atoms with Crippen LogP contribution < -0.4 is 12.4 Å². The molecule has 4 heteroatoms. The quantitative estimate of drug-likeness (QED) is 0.699. The number of nitrogens with zero attached hydrogens (tertiary/aromatic N) is 1. The third-order valence-electron chi connectivity index (χ3n) is 4.07. The first kappa shape index (κ1) is 16.3. The summed E-state index contributed by atoms with van der Waals surface area (Å²) in [6.45, 7) is 4.15. The Morgan fingerprint density at radius 2 is 1.86 bits per heavy atom. The van der Waals surface area contributed by atoms with E-state index in [1.807, 2.05) is 30.3 Å².